The molecule has 5 nitrogen and oxygen atoms in total. The molecule has 2 aromatic rings. The van der Waals surface area contributed by atoms with Crippen molar-refractivity contribution in [2.75, 3.05) is 19.7 Å². The van der Waals surface area contributed by atoms with Gasteiger partial charge >= 0.3 is 0 Å². The van der Waals surface area contributed by atoms with Gasteiger partial charge in [-0.2, -0.15) is 0 Å². The van der Waals surface area contributed by atoms with Crippen molar-refractivity contribution in [3.63, 3.8) is 0 Å². The van der Waals surface area contributed by atoms with Crippen molar-refractivity contribution in [3.8, 4) is 16.9 Å². The molecule has 3 rings (SSSR count). The van der Waals surface area contributed by atoms with Gasteiger partial charge in [-0.25, -0.2) is 0 Å². The van der Waals surface area contributed by atoms with Crippen molar-refractivity contribution in [1.82, 2.24) is 4.90 Å². The monoisotopic (exact) mass is 369 g/mol. The summed E-state index contributed by atoms with van der Waals surface area (Å²) in [7, 11) is 0. The molecule has 1 saturated heterocycles. The summed E-state index contributed by atoms with van der Waals surface area (Å²) in [5, 5.41) is 29.7. The van der Waals surface area contributed by atoms with Gasteiger partial charge in [0, 0.05) is 24.1 Å². The van der Waals surface area contributed by atoms with Gasteiger partial charge in [-0.3, -0.25) is 4.79 Å². The summed E-state index contributed by atoms with van der Waals surface area (Å²) in [5.41, 5.74) is 2.02. The van der Waals surface area contributed by atoms with Crippen LogP contribution in [0.15, 0.2) is 48.5 Å². The van der Waals surface area contributed by atoms with Crippen molar-refractivity contribution in [1.29, 1.82) is 0 Å². The van der Waals surface area contributed by atoms with Crippen LogP contribution in [0.2, 0.25) is 0 Å². The van der Waals surface area contributed by atoms with E-state index in [0.717, 1.165) is 24.0 Å². The lowest BCUT2D eigenvalue weighted by Gasteiger charge is -2.44. The number of carbonyl (C=O) groups excluding carboxylic acids is 1. The molecule has 1 amide bonds. The number of nitrogens with zero attached hydrogens (tertiary/aromatic N) is 1. The molecule has 0 radical (unpaired) electrons. The van der Waals surface area contributed by atoms with E-state index >= 15 is 0 Å². The highest BCUT2D eigenvalue weighted by atomic mass is 16.3. The molecule has 1 fully saturated rings. The zero-order valence-electron chi connectivity index (χ0n) is 15.6. The van der Waals surface area contributed by atoms with Gasteiger partial charge in [0.25, 0.3) is 5.91 Å². The molecule has 0 bridgehead atoms. The van der Waals surface area contributed by atoms with Crippen LogP contribution in [0.3, 0.4) is 0 Å². The molecular weight excluding hydrogens is 342 g/mol. The standard InChI is InChI=1S/C22H27NO4/c1-2-11-22(15-24)12-13-23(14-20(22)26)21(27)18-5-3-16(4-6-18)17-7-9-19(25)10-8-17/h3-10,20,24-26H,2,11-15H2,1H3/t20-,22+/m0/s1. The number of aliphatic hydroxyl groups is 2. The lowest BCUT2D eigenvalue weighted by Crippen LogP contribution is -2.54. The average Bonchev–Trinajstić information content (AvgIpc) is 2.70. The first-order valence-electron chi connectivity index (χ1n) is 9.47. The van der Waals surface area contributed by atoms with Gasteiger partial charge in [-0.1, -0.05) is 37.6 Å². The lowest BCUT2D eigenvalue weighted by atomic mass is 9.73. The Kier molecular flexibility index (Phi) is 5.82. The van der Waals surface area contributed by atoms with E-state index in [1.54, 1.807) is 29.2 Å². The van der Waals surface area contributed by atoms with Crippen LogP contribution >= 0.6 is 0 Å². The van der Waals surface area contributed by atoms with Crippen molar-refractivity contribution in [2.24, 2.45) is 5.41 Å². The first-order chi connectivity index (χ1) is 13.0. The Balaban J connectivity index is 1.70. The predicted molar refractivity (Wildman–Crippen MR) is 104 cm³/mol. The molecule has 2 atom stereocenters. The summed E-state index contributed by atoms with van der Waals surface area (Å²) in [5.74, 6) is 0.116. The molecule has 1 heterocycles. The molecule has 0 spiro atoms. The highest BCUT2D eigenvalue weighted by molar-refractivity contribution is 5.94. The number of carbonyl (C=O) groups is 1. The summed E-state index contributed by atoms with van der Waals surface area (Å²) >= 11 is 0. The fourth-order valence-corrected chi connectivity index (χ4v) is 3.90. The molecule has 5 heteroatoms. The van der Waals surface area contributed by atoms with Crippen molar-refractivity contribution in [3.05, 3.63) is 54.1 Å². The predicted octanol–water partition coefficient (Wildman–Crippen LogP) is 3.04. The number of piperidine rings is 1. The first kappa shape index (κ1) is 19.4. The summed E-state index contributed by atoms with van der Waals surface area (Å²) in [6, 6.07) is 14.3. The van der Waals surface area contributed by atoms with E-state index in [1.165, 1.54) is 0 Å². The number of amides is 1. The van der Waals surface area contributed by atoms with Gasteiger partial charge in [-0.05, 0) is 48.2 Å². The minimum atomic E-state index is -0.712. The second kappa shape index (κ2) is 8.11. The van der Waals surface area contributed by atoms with E-state index < -0.39 is 11.5 Å². The SMILES string of the molecule is CCC[C@]1(CO)CCN(C(=O)c2ccc(-c3ccc(O)cc3)cc2)C[C@@H]1O. The van der Waals surface area contributed by atoms with Crippen LogP contribution in [0, 0.1) is 5.41 Å². The highest BCUT2D eigenvalue weighted by Crippen LogP contribution is 2.36. The maximum Gasteiger partial charge on any atom is 0.253 e. The molecular formula is C22H27NO4. The number of benzene rings is 2. The molecule has 27 heavy (non-hydrogen) atoms. The Labute approximate surface area is 159 Å². The largest absolute Gasteiger partial charge is 0.508 e. The summed E-state index contributed by atoms with van der Waals surface area (Å²) in [6.07, 6.45) is 1.55. The van der Waals surface area contributed by atoms with E-state index in [0.29, 0.717) is 18.5 Å². The second-order valence-corrected chi connectivity index (χ2v) is 7.41. The van der Waals surface area contributed by atoms with E-state index in [-0.39, 0.29) is 24.8 Å². The number of phenolic OH excluding ortho intramolecular Hbond substituents is 1. The average molecular weight is 369 g/mol. The Bertz CT molecular complexity index is 772. The van der Waals surface area contributed by atoms with Crippen LogP contribution in [-0.4, -0.2) is 51.9 Å². The Hall–Kier alpha value is -2.37. The van der Waals surface area contributed by atoms with Crippen molar-refractivity contribution < 1.29 is 20.1 Å². The second-order valence-electron chi connectivity index (χ2n) is 7.41. The minimum absolute atomic E-state index is 0.0502. The van der Waals surface area contributed by atoms with Crippen LogP contribution in [0.5, 0.6) is 5.75 Å². The summed E-state index contributed by atoms with van der Waals surface area (Å²) < 4.78 is 0. The number of β-amino-alcohol motifs (C(OH)–C–C–N with tert-alkyl or cyclic N) is 1. The molecule has 3 N–H and O–H groups in total. The third kappa shape index (κ3) is 3.99. The number of hydrogen-bond acceptors (Lipinski definition) is 4. The maximum atomic E-state index is 12.8. The van der Waals surface area contributed by atoms with Crippen LogP contribution in [-0.2, 0) is 0 Å². The molecule has 0 saturated carbocycles. The molecule has 2 aromatic carbocycles. The topological polar surface area (TPSA) is 81.0 Å². The fourth-order valence-electron chi connectivity index (χ4n) is 3.90. The third-order valence-electron chi connectivity index (χ3n) is 5.66. The van der Waals surface area contributed by atoms with E-state index in [2.05, 4.69) is 0 Å². The molecule has 144 valence electrons. The van der Waals surface area contributed by atoms with Crippen LogP contribution in [0.25, 0.3) is 11.1 Å². The quantitative estimate of drug-likeness (QED) is 0.757. The number of hydrogen-bond donors (Lipinski definition) is 3. The Morgan fingerprint density at radius 3 is 2.22 bits per heavy atom. The maximum absolute atomic E-state index is 12.8. The number of aromatic hydroxyl groups is 1. The van der Waals surface area contributed by atoms with Gasteiger partial charge in [-0.15, -0.1) is 0 Å². The van der Waals surface area contributed by atoms with Gasteiger partial charge in [0.1, 0.15) is 5.75 Å². The normalized spacial score (nSPS) is 22.6. The zero-order valence-corrected chi connectivity index (χ0v) is 15.6. The lowest BCUT2D eigenvalue weighted by molar-refractivity contribution is -0.0713. The number of rotatable bonds is 5. The van der Waals surface area contributed by atoms with Gasteiger partial charge in [0.05, 0.1) is 12.7 Å². The van der Waals surface area contributed by atoms with E-state index in [9.17, 15) is 20.1 Å². The summed E-state index contributed by atoms with van der Waals surface area (Å²) in [6.45, 7) is 2.78. The third-order valence-corrected chi connectivity index (χ3v) is 5.66. The van der Waals surface area contributed by atoms with Crippen molar-refractivity contribution in [2.45, 2.75) is 32.3 Å². The minimum Gasteiger partial charge on any atom is -0.508 e. The molecule has 0 aliphatic carbocycles. The smallest absolute Gasteiger partial charge is 0.253 e. The summed E-state index contributed by atoms with van der Waals surface area (Å²) in [4.78, 5) is 14.5. The number of likely N-dealkylation sites (tertiary alicyclic amines) is 1. The fraction of sp³-hybridized carbons (Fsp3) is 0.409. The molecule has 0 aromatic heterocycles. The Morgan fingerprint density at radius 1 is 1.11 bits per heavy atom. The van der Waals surface area contributed by atoms with Gasteiger partial charge in [0.2, 0.25) is 0 Å². The number of phenols is 1. The van der Waals surface area contributed by atoms with Gasteiger partial charge < -0.3 is 20.2 Å². The first-order valence-corrected chi connectivity index (χ1v) is 9.47. The van der Waals surface area contributed by atoms with Crippen LogP contribution in [0.4, 0.5) is 0 Å². The highest BCUT2D eigenvalue weighted by Gasteiger charge is 2.42. The Morgan fingerprint density at radius 2 is 1.70 bits per heavy atom. The van der Waals surface area contributed by atoms with Crippen LogP contribution in [0.1, 0.15) is 36.5 Å². The molecule has 1 aliphatic rings. The molecule has 0 unspecified atom stereocenters. The van der Waals surface area contributed by atoms with Crippen LogP contribution < -0.4 is 0 Å². The van der Waals surface area contributed by atoms with Crippen molar-refractivity contribution >= 4 is 5.91 Å². The molecule has 1 aliphatic heterocycles. The van der Waals surface area contributed by atoms with Gasteiger partial charge in [0.15, 0.2) is 0 Å². The van der Waals surface area contributed by atoms with E-state index in [4.69, 9.17) is 0 Å². The van der Waals surface area contributed by atoms with E-state index in [1.807, 2.05) is 31.2 Å². The zero-order chi connectivity index (χ0) is 19.4. The number of aliphatic hydroxyl groups excluding tert-OH is 2.